The lowest BCUT2D eigenvalue weighted by Gasteiger charge is -2.02. The Balaban J connectivity index is 2.25. The molecule has 0 bridgehead atoms. The largest absolute Gasteiger partial charge is 0.494 e. The number of benzene rings is 2. The highest BCUT2D eigenvalue weighted by Gasteiger charge is 2.18. The molecule has 0 unspecified atom stereocenters. The average Bonchev–Trinajstić information content (AvgIpc) is 2.88. The molecule has 21 heavy (non-hydrogen) atoms. The zero-order valence-electron chi connectivity index (χ0n) is 12.0. The number of aryl methyl sites for hydroxylation is 1. The molecule has 3 rings (SSSR count). The van der Waals surface area contributed by atoms with Crippen LogP contribution >= 0.6 is 0 Å². The predicted octanol–water partition coefficient (Wildman–Crippen LogP) is 5.22. The Kier molecular flexibility index (Phi) is 3.53. The highest BCUT2D eigenvalue weighted by atomic mass is 19.1. The Bertz CT molecular complexity index is 806. The maximum atomic E-state index is 14.5. The van der Waals surface area contributed by atoms with Gasteiger partial charge in [0, 0.05) is 10.8 Å². The van der Waals surface area contributed by atoms with Crippen molar-refractivity contribution >= 4 is 21.9 Å². The zero-order valence-corrected chi connectivity index (χ0v) is 12.0. The number of halogens is 2. The summed E-state index contributed by atoms with van der Waals surface area (Å²) in [5.74, 6) is -0.899. The van der Waals surface area contributed by atoms with E-state index in [-0.39, 0.29) is 16.9 Å². The number of ether oxygens (including phenoxy) is 1. The summed E-state index contributed by atoms with van der Waals surface area (Å²) in [7, 11) is 1.39. The van der Waals surface area contributed by atoms with Gasteiger partial charge < -0.3 is 9.15 Å². The zero-order chi connectivity index (χ0) is 15.0. The molecule has 0 amide bonds. The standard InChI is InChI=1S/C17H16F2O2/c1-3-4-5-10-6-7-11-12-8-9-13(20-2)15(19)17(12)21-16(11)14(10)18/h6-9H,3-5H2,1-2H3. The lowest BCUT2D eigenvalue weighted by molar-refractivity contribution is 0.385. The first-order chi connectivity index (χ1) is 10.2. The normalized spacial score (nSPS) is 11.4. The molecule has 1 aromatic heterocycles. The van der Waals surface area contributed by atoms with Crippen molar-refractivity contribution in [3.05, 3.63) is 41.5 Å². The molecule has 0 saturated heterocycles. The van der Waals surface area contributed by atoms with Crippen molar-refractivity contribution in [2.45, 2.75) is 26.2 Å². The highest BCUT2D eigenvalue weighted by molar-refractivity contribution is 6.05. The van der Waals surface area contributed by atoms with Crippen molar-refractivity contribution in [3.8, 4) is 5.75 Å². The molecule has 0 radical (unpaired) electrons. The van der Waals surface area contributed by atoms with Crippen molar-refractivity contribution < 1.29 is 17.9 Å². The van der Waals surface area contributed by atoms with Crippen LogP contribution < -0.4 is 4.74 Å². The number of methoxy groups -OCH3 is 1. The molecule has 0 aliphatic heterocycles. The average molecular weight is 290 g/mol. The number of unbranched alkanes of at least 4 members (excludes halogenated alkanes) is 1. The summed E-state index contributed by atoms with van der Waals surface area (Å²) in [6.07, 6.45) is 2.55. The van der Waals surface area contributed by atoms with Crippen molar-refractivity contribution in [1.29, 1.82) is 0 Å². The van der Waals surface area contributed by atoms with Gasteiger partial charge >= 0.3 is 0 Å². The van der Waals surface area contributed by atoms with Crippen molar-refractivity contribution in [2.24, 2.45) is 0 Å². The second-order valence-electron chi connectivity index (χ2n) is 5.08. The highest BCUT2D eigenvalue weighted by Crippen LogP contribution is 2.36. The molecule has 0 fully saturated rings. The predicted molar refractivity (Wildman–Crippen MR) is 78.8 cm³/mol. The summed E-state index contributed by atoms with van der Waals surface area (Å²) in [4.78, 5) is 0. The summed E-state index contributed by atoms with van der Waals surface area (Å²) in [5, 5.41) is 1.15. The first-order valence-electron chi connectivity index (χ1n) is 7.03. The second kappa shape index (κ2) is 5.35. The SMILES string of the molecule is CCCCc1ccc2c(oc3c(F)c(OC)ccc32)c1F. The van der Waals surface area contributed by atoms with E-state index in [0.29, 0.717) is 22.8 Å². The number of fused-ring (bicyclic) bond motifs is 3. The van der Waals surface area contributed by atoms with E-state index < -0.39 is 11.6 Å². The van der Waals surface area contributed by atoms with E-state index in [1.165, 1.54) is 13.2 Å². The summed E-state index contributed by atoms with van der Waals surface area (Å²) < 4.78 is 39.1. The van der Waals surface area contributed by atoms with E-state index in [1.807, 2.05) is 0 Å². The van der Waals surface area contributed by atoms with Gasteiger partial charge in [-0.1, -0.05) is 19.4 Å². The minimum absolute atomic E-state index is 0.0379. The third kappa shape index (κ3) is 2.15. The van der Waals surface area contributed by atoms with E-state index in [1.54, 1.807) is 18.2 Å². The van der Waals surface area contributed by atoms with Crippen LogP contribution in [0.3, 0.4) is 0 Å². The van der Waals surface area contributed by atoms with Gasteiger partial charge in [-0.2, -0.15) is 4.39 Å². The third-order valence-corrected chi connectivity index (χ3v) is 3.75. The number of rotatable bonds is 4. The molecule has 0 aliphatic carbocycles. The van der Waals surface area contributed by atoms with Crippen LogP contribution in [0.1, 0.15) is 25.3 Å². The van der Waals surface area contributed by atoms with Crippen LogP contribution in [0, 0.1) is 11.6 Å². The molecule has 3 aromatic rings. The molecule has 1 heterocycles. The van der Waals surface area contributed by atoms with Crippen LogP contribution in [0.2, 0.25) is 0 Å². The molecule has 0 aliphatic rings. The van der Waals surface area contributed by atoms with Crippen LogP contribution in [0.25, 0.3) is 21.9 Å². The summed E-state index contributed by atoms with van der Waals surface area (Å²) >= 11 is 0. The second-order valence-corrected chi connectivity index (χ2v) is 5.08. The molecule has 0 N–H and O–H groups in total. The van der Waals surface area contributed by atoms with E-state index in [2.05, 4.69) is 6.92 Å². The fourth-order valence-corrected chi connectivity index (χ4v) is 2.58. The van der Waals surface area contributed by atoms with Gasteiger partial charge in [0.15, 0.2) is 22.7 Å². The van der Waals surface area contributed by atoms with Crippen molar-refractivity contribution in [1.82, 2.24) is 0 Å². The van der Waals surface area contributed by atoms with Crippen molar-refractivity contribution in [3.63, 3.8) is 0 Å². The topological polar surface area (TPSA) is 22.4 Å². The molecule has 2 aromatic carbocycles. The van der Waals surface area contributed by atoms with Gasteiger partial charge in [-0.05, 0) is 36.6 Å². The Labute approximate surface area is 121 Å². The molecule has 110 valence electrons. The van der Waals surface area contributed by atoms with Gasteiger partial charge in [0.25, 0.3) is 0 Å². The molecular formula is C17H16F2O2. The maximum Gasteiger partial charge on any atom is 0.208 e. The van der Waals surface area contributed by atoms with E-state index in [0.717, 1.165) is 12.8 Å². The van der Waals surface area contributed by atoms with Gasteiger partial charge in [0.05, 0.1) is 7.11 Å². The molecule has 2 nitrogen and oxygen atoms in total. The summed E-state index contributed by atoms with van der Waals surface area (Å²) in [6, 6.07) is 6.76. The Morgan fingerprint density at radius 3 is 2.33 bits per heavy atom. The van der Waals surface area contributed by atoms with Crippen LogP contribution in [0.4, 0.5) is 8.78 Å². The fourth-order valence-electron chi connectivity index (χ4n) is 2.58. The van der Waals surface area contributed by atoms with E-state index in [4.69, 9.17) is 9.15 Å². The molecule has 4 heteroatoms. The van der Waals surface area contributed by atoms with E-state index >= 15 is 0 Å². The van der Waals surface area contributed by atoms with Gasteiger partial charge in [0.1, 0.15) is 0 Å². The quantitative estimate of drug-likeness (QED) is 0.657. The van der Waals surface area contributed by atoms with Crippen LogP contribution in [0.5, 0.6) is 5.75 Å². The van der Waals surface area contributed by atoms with Crippen LogP contribution in [-0.4, -0.2) is 7.11 Å². The van der Waals surface area contributed by atoms with Crippen LogP contribution in [-0.2, 0) is 6.42 Å². The Morgan fingerprint density at radius 1 is 1.00 bits per heavy atom. The van der Waals surface area contributed by atoms with E-state index in [9.17, 15) is 8.78 Å². The monoisotopic (exact) mass is 290 g/mol. The fraction of sp³-hybridized carbons (Fsp3) is 0.294. The summed E-state index contributed by atoms with van der Waals surface area (Å²) in [5.41, 5.74) is 0.762. The lowest BCUT2D eigenvalue weighted by Crippen LogP contribution is -1.90. The summed E-state index contributed by atoms with van der Waals surface area (Å²) in [6.45, 7) is 2.05. The minimum Gasteiger partial charge on any atom is -0.494 e. The smallest absolute Gasteiger partial charge is 0.208 e. The number of furan rings is 1. The Morgan fingerprint density at radius 2 is 1.67 bits per heavy atom. The minimum atomic E-state index is -0.597. The number of hydrogen-bond acceptors (Lipinski definition) is 2. The van der Waals surface area contributed by atoms with Crippen LogP contribution in [0.15, 0.2) is 28.7 Å². The van der Waals surface area contributed by atoms with Gasteiger partial charge in [-0.25, -0.2) is 4.39 Å². The first-order valence-corrected chi connectivity index (χ1v) is 7.03. The third-order valence-electron chi connectivity index (χ3n) is 3.75. The van der Waals surface area contributed by atoms with Gasteiger partial charge in [-0.15, -0.1) is 0 Å². The molecule has 0 spiro atoms. The molecular weight excluding hydrogens is 274 g/mol. The number of hydrogen-bond donors (Lipinski definition) is 0. The molecule has 0 saturated carbocycles. The molecule has 0 atom stereocenters. The van der Waals surface area contributed by atoms with Gasteiger partial charge in [-0.3, -0.25) is 0 Å². The first kappa shape index (κ1) is 13.9. The lowest BCUT2D eigenvalue weighted by atomic mass is 10.0. The Hall–Kier alpha value is -2.10. The van der Waals surface area contributed by atoms with Crippen molar-refractivity contribution in [2.75, 3.05) is 7.11 Å². The maximum absolute atomic E-state index is 14.5. The van der Waals surface area contributed by atoms with Gasteiger partial charge in [0.2, 0.25) is 5.82 Å².